The van der Waals surface area contributed by atoms with Crippen molar-refractivity contribution in [2.24, 2.45) is 5.73 Å². The van der Waals surface area contributed by atoms with Crippen LogP contribution < -0.4 is 21.1 Å². The minimum absolute atomic E-state index is 0.0937. The van der Waals surface area contributed by atoms with Crippen LogP contribution >= 0.6 is 11.3 Å². The first-order valence-corrected chi connectivity index (χ1v) is 8.64. The molecule has 2 amide bonds. The monoisotopic (exact) mass is 362 g/mol. The Bertz CT molecular complexity index is 743. The molecule has 2 aromatic rings. The lowest BCUT2D eigenvalue weighted by Crippen LogP contribution is -2.40. The largest absolute Gasteiger partial charge is 0.497 e. The van der Waals surface area contributed by atoms with E-state index < -0.39 is 0 Å². The Morgan fingerprint density at radius 1 is 1.28 bits per heavy atom. The van der Waals surface area contributed by atoms with Crippen LogP contribution in [0.3, 0.4) is 0 Å². The van der Waals surface area contributed by atoms with Gasteiger partial charge in [0.25, 0.3) is 0 Å². The lowest BCUT2D eigenvalue weighted by atomic mass is 10.2. The van der Waals surface area contributed by atoms with Gasteiger partial charge >= 0.3 is 0 Å². The molecule has 4 N–H and O–H groups in total. The highest BCUT2D eigenvalue weighted by Crippen LogP contribution is 2.32. The molecule has 25 heavy (non-hydrogen) atoms. The van der Waals surface area contributed by atoms with E-state index in [4.69, 9.17) is 10.5 Å². The average molecular weight is 362 g/mol. The van der Waals surface area contributed by atoms with Crippen molar-refractivity contribution < 1.29 is 14.3 Å². The first kappa shape index (κ1) is 18.9. The molecule has 2 rings (SSSR count). The van der Waals surface area contributed by atoms with Crippen LogP contribution in [0, 0.1) is 6.92 Å². The Balaban J connectivity index is 2.05. The van der Waals surface area contributed by atoms with Crippen molar-refractivity contribution in [3.05, 3.63) is 34.8 Å². The average Bonchev–Trinajstić information content (AvgIpc) is 3.01. The maximum atomic E-state index is 11.9. The van der Waals surface area contributed by atoms with E-state index >= 15 is 0 Å². The third kappa shape index (κ3) is 5.01. The summed E-state index contributed by atoms with van der Waals surface area (Å²) in [5.41, 5.74) is 7.05. The highest BCUT2D eigenvalue weighted by Gasteiger charge is 2.17. The Labute approximate surface area is 150 Å². The van der Waals surface area contributed by atoms with Crippen molar-refractivity contribution in [3.8, 4) is 16.3 Å². The molecule has 1 aromatic heterocycles. The number of rotatable bonds is 7. The van der Waals surface area contributed by atoms with E-state index in [-0.39, 0.29) is 30.9 Å². The van der Waals surface area contributed by atoms with Gasteiger partial charge in [-0.05, 0) is 38.1 Å². The van der Waals surface area contributed by atoms with Crippen LogP contribution in [0.2, 0.25) is 0 Å². The highest BCUT2D eigenvalue weighted by molar-refractivity contribution is 7.15. The Kier molecular flexibility index (Phi) is 6.49. The molecule has 1 heterocycles. The quantitative estimate of drug-likeness (QED) is 0.690. The molecule has 0 saturated carbocycles. The minimum atomic E-state index is -0.362. The van der Waals surface area contributed by atoms with Crippen LogP contribution in [-0.2, 0) is 9.59 Å². The summed E-state index contributed by atoms with van der Waals surface area (Å²) in [4.78, 5) is 28.6. The Morgan fingerprint density at radius 3 is 2.56 bits per heavy atom. The number of thiazole rings is 1. The van der Waals surface area contributed by atoms with E-state index in [1.54, 1.807) is 7.11 Å². The number of nitrogens with two attached hydrogens (primary N) is 1. The second kappa shape index (κ2) is 8.59. The van der Waals surface area contributed by atoms with Gasteiger partial charge < -0.3 is 21.1 Å². The molecule has 0 bridgehead atoms. The van der Waals surface area contributed by atoms with E-state index in [1.165, 1.54) is 11.3 Å². The second-order valence-corrected chi connectivity index (χ2v) is 6.50. The number of ether oxygens (including phenoxy) is 1. The highest BCUT2D eigenvalue weighted by atomic mass is 32.1. The Hall–Kier alpha value is -2.45. The van der Waals surface area contributed by atoms with Crippen LogP contribution in [0.25, 0.3) is 10.6 Å². The number of benzene rings is 1. The van der Waals surface area contributed by atoms with Crippen molar-refractivity contribution in [2.45, 2.75) is 19.9 Å². The molecule has 0 aliphatic rings. The van der Waals surface area contributed by atoms with Crippen molar-refractivity contribution in [1.29, 1.82) is 0 Å². The first-order chi connectivity index (χ1) is 11.9. The van der Waals surface area contributed by atoms with Gasteiger partial charge in [0.1, 0.15) is 10.8 Å². The van der Waals surface area contributed by atoms with Crippen LogP contribution in [-0.4, -0.2) is 37.0 Å². The number of nitrogens with one attached hydrogen (secondary N) is 2. The molecule has 1 atom stereocenters. The molecule has 0 saturated heterocycles. The molecule has 1 unspecified atom stereocenters. The van der Waals surface area contributed by atoms with E-state index in [9.17, 15) is 9.59 Å². The summed E-state index contributed by atoms with van der Waals surface area (Å²) in [5.74, 6) is 0.157. The predicted octanol–water partition coefficient (Wildman–Crippen LogP) is 1.38. The maximum Gasteiger partial charge on any atom is 0.239 e. The predicted molar refractivity (Wildman–Crippen MR) is 97.5 cm³/mol. The summed E-state index contributed by atoms with van der Waals surface area (Å²) in [5, 5.41) is 6.18. The number of methoxy groups -OCH3 is 1. The summed E-state index contributed by atoms with van der Waals surface area (Å²) < 4.78 is 5.16. The molecule has 134 valence electrons. The van der Waals surface area contributed by atoms with Gasteiger partial charge in [0.15, 0.2) is 0 Å². The number of hydrogen-bond acceptors (Lipinski definition) is 6. The molecular formula is C17H22N4O3S. The summed E-state index contributed by atoms with van der Waals surface area (Å²) in [6.45, 7) is 3.57. The number of hydrogen-bond donors (Lipinski definition) is 3. The number of carbonyl (C=O) groups excluding carboxylic acids is 2. The number of nitrogens with zero attached hydrogens (tertiary/aromatic N) is 1. The molecule has 7 nitrogen and oxygen atoms in total. The third-order valence-corrected chi connectivity index (χ3v) is 4.96. The fraction of sp³-hybridized carbons (Fsp3) is 0.353. The smallest absolute Gasteiger partial charge is 0.239 e. The lowest BCUT2D eigenvalue weighted by molar-refractivity contribution is -0.125. The standard InChI is InChI=1S/C17H22N4O3S/c1-10(20-15(23)9-19-14(22)8-18)16-11(2)21-17(25-16)12-4-6-13(24-3)7-5-12/h4-7,10H,8-9,18H2,1-3H3,(H,19,22)(H,20,23). The normalized spacial score (nSPS) is 11.7. The summed E-state index contributed by atoms with van der Waals surface area (Å²) in [6, 6.07) is 7.47. The molecule has 0 spiro atoms. The van der Waals surface area contributed by atoms with Gasteiger partial charge in [-0.3, -0.25) is 9.59 Å². The van der Waals surface area contributed by atoms with Gasteiger partial charge in [0.05, 0.1) is 36.8 Å². The number of aryl methyl sites for hydroxylation is 1. The molecular weight excluding hydrogens is 340 g/mol. The zero-order valence-corrected chi connectivity index (χ0v) is 15.3. The maximum absolute atomic E-state index is 11.9. The molecule has 0 aliphatic carbocycles. The SMILES string of the molecule is COc1ccc(-c2nc(C)c(C(C)NC(=O)CNC(=O)CN)s2)cc1. The van der Waals surface area contributed by atoms with Crippen molar-refractivity contribution in [3.63, 3.8) is 0 Å². The topological polar surface area (TPSA) is 106 Å². The van der Waals surface area contributed by atoms with Crippen molar-refractivity contribution >= 4 is 23.2 Å². The van der Waals surface area contributed by atoms with E-state index in [0.717, 1.165) is 26.9 Å². The van der Waals surface area contributed by atoms with Gasteiger partial charge in [0.2, 0.25) is 11.8 Å². The molecule has 1 aromatic carbocycles. The fourth-order valence-electron chi connectivity index (χ4n) is 2.28. The van der Waals surface area contributed by atoms with E-state index in [1.807, 2.05) is 38.1 Å². The van der Waals surface area contributed by atoms with E-state index in [2.05, 4.69) is 15.6 Å². The van der Waals surface area contributed by atoms with Gasteiger partial charge in [-0.25, -0.2) is 4.98 Å². The second-order valence-electron chi connectivity index (χ2n) is 5.47. The lowest BCUT2D eigenvalue weighted by Gasteiger charge is -2.13. The molecule has 0 radical (unpaired) electrons. The van der Waals surface area contributed by atoms with Crippen LogP contribution in [0.5, 0.6) is 5.75 Å². The molecule has 8 heteroatoms. The van der Waals surface area contributed by atoms with Crippen LogP contribution in [0.1, 0.15) is 23.5 Å². The van der Waals surface area contributed by atoms with Crippen LogP contribution in [0.15, 0.2) is 24.3 Å². The van der Waals surface area contributed by atoms with Crippen molar-refractivity contribution in [1.82, 2.24) is 15.6 Å². The summed E-state index contributed by atoms with van der Waals surface area (Å²) in [7, 11) is 1.63. The van der Waals surface area contributed by atoms with Gasteiger partial charge in [0, 0.05) is 5.56 Å². The molecule has 0 aliphatic heterocycles. The van der Waals surface area contributed by atoms with Gasteiger partial charge in [-0.2, -0.15) is 0 Å². The zero-order valence-electron chi connectivity index (χ0n) is 14.5. The first-order valence-electron chi connectivity index (χ1n) is 7.82. The minimum Gasteiger partial charge on any atom is -0.497 e. The molecule has 0 fully saturated rings. The van der Waals surface area contributed by atoms with Crippen LogP contribution in [0.4, 0.5) is 0 Å². The summed E-state index contributed by atoms with van der Waals surface area (Å²) >= 11 is 1.53. The Morgan fingerprint density at radius 2 is 1.96 bits per heavy atom. The van der Waals surface area contributed by atoms with E-state index in [0.29, 0.717) is 0 Å². The van der Waals surface area contributed by atoms with Gasteiger partial charge in [-0.15, -0.1) is 11.3 Å². The van der Waals surface area contributed by atoms with Gasteiger partial charge in [-0.1, -0.05) is 0 Å². The number of aromatic nitrogens is 1. The third-order valence-electron chi connectivity index (χ3n) is 3.57. The fourth-order valence-corrected chi connectivity index (χ4v) is 3.35. The zero-order chi connectivity index (χ0) is 18.4. The number of carbonyl (C=O) groups is 2. The number of amides is 2. The summed E-state index contributed by atoms with van der Waals surface area (Å²) in [6.07, 6.45) is 0. The van der Waals surface area contributed by atoms with Crippen molar-refractivity contribution in [2.75, 3.05) is 20.2 Å².